The van der Waals surface area contributed by atoms with E-state index in [9.17, 15) is 19.7 Å². The van der Waals surface area contributed by atoms with E-state index in [-0.39, 0.29) is 5.69 Å². The van der Waals surface area contributed by atoms with E-state index in [1.54, 1.807) is 30.3 Å². The van der Waals surface area contributed by atoms with Crippen LogP contribution < -0.4 is 14.8 Å². The second-order valence-corrected chi connectivity index (χ2v) is 9.39. The molecule has 10 nitrogen and oxygen atoms in total. The number of benzene rings is 3. The number of nitro benzene ring substituents is 1. The van der Waals surface area contributed by atoms with Crippen molar-refractivity contribution in [2.45, 2.75) is 19.3 Å². The summed E-state index contributed by atoms with van der Waals surface area (Å²) in [6.07, 6.45) is 4.06. The van der Waals surface area contributed by atoms with Crippen molar-refractivity contribution < 1.29 is 28.7 Å². The minimum atomic E-state index is -0.621. The summed E-state index contributed by atoms with van der Waals surface area (Å²) in [5.74, 6) is -0.183. The highest BCUT2D eigenvalue weighted by molar-refractivity contribution is 6.07. The molecule has 41 heavy (non-hydrogen) atoms. The van der Waals surface area contributed by atoms with E-state index < -0.39 is 23.4 Å². The van der Waals surface area contributed by atoms with Gasteiger partial charge in [-0.05, 0) is 72.4 Å². The summed E-state index contributed by atoms with van der Waals surface area (Å²) in [5, 5.41) is 14.4. The summed E-state index contributed by atoms with van der Waals surface area (Å²) >= 11 is 0. The van der Waals surface area contributed by atoms with Crippen LogP contribution >= 0.6 is 0 Å². The first-order chi connectivity index (χ1) is 19.9. The monoisotopic (exact) mass is 553 g/mol. The van der Waals surface area contributed by atoms with Crippen LogP contribution in [0.3, 0.4) is 0 Å². The molecular formula is C31H27N3O7. The zero-order valence-corrected chi connectivity index (χ0v) is 22.5. The molecule has 1 aliphatic rings. The Kier molecular flexibility index (Phi) is 7.91. The minimum absolute atomic E-state index is 0.0132. The Morgan fingerprint density at radius 1 is 1.02 bits per heavy atom. The van der Waals surface area contributed by atoms with Crippen LogP contribution in [0.1, 0.15) is 40.0 Å². The third-order valence-electron chi connectivity index (χ3n) is 6.83. The van der Waals surface area contributed by atoms with Crippen molar-refractivity contribution in [2.75, 3.05) is 26.1 Å². The number of nitrogens with zero attached hydrogens (tertiary/aromatic N) is 2. The molecule has 0 atom stereocenters. The van der Waals surface area contributed by atoms with Crippen molar-refractivity contribution in [3.63, 3.8) is 0 Å². The van der Waals surface area contributed by atoms with E-state index >= 15 is 0 Å². The Balaban J connectivity index is 1.43. The van der Waals surface area contributed by atoms with Crippen LogP contribution in [0.15, 0.2) is 66.7 Å². The lowest BCUT2D eigenvalue weighted by atomic mass is 9.86. The number of carbonyl (C=O) groups excluding carboxylic acids is 2. The third kappa shape index (κ3) is 5.86. The molecule has 1 aliphatic carbocycles. The number of carbonyl (C=O) groups is 2. The Morgan fingerprint density at radius 3 is 2.54 bits per heavy atom. The second kappa shape index (κ2) is 11.9. The zero-order valence-electron chi connectivity index (χ0n) is 22.5. The molecule has 1 heterocycles. The lowest BCUT2D eigenvalue weighted by molar-refractivity contribution is -0.384. The predicted molar refractivity (Wildman–Crippen MR) is 154 cm³/mol. The highest BCUT2D eigenvalue weighted by atomic mass is 16.6. The summed E-state index contributed by atoms with van der Waals surface area (Å²) in [6.45, 7) is -0.504. The van der Waals surface area contributed by atoms with Gasteiger partial charge in [-0.2, -0.15) is 0 Å². The molecule has 0 radical (unpaired) electrons. The van der Waals surface area contributed by atoms with Gasteiger partial charge in [0, 0.05) is 23.6 Å². The number of hydrogen-bond acceptors (Lipinski definition) is 8. The van der Waals surface area contributed by atoms with Gasteiger partial charge in [0.1, 0.15) is 11.5 Å². The Morgan fingerprint density at radius 2 is 1.80 bits per heavy atom. The lowest BCUT2D eigenvalue weighted by Gasteiger charge is -2.22. The SMILES string of the molecule is COc1ccc(OC)c(NC(=O)COC(=O)c2c3c(nc4ccccc24)/C(=C/c2ccc([N+](=O)[O-])cc2)CCC3)c1. The fourth-order valence-corrected chi connectivity index (χ4v) is 4.90. The smallest absolute Gasteiger partial charge is 0.339 e. The number of nitro groups is 1. The molecule has 0 bridgehead atoms. The van der Waals surface area contributed by atoms with E-state index in [0.29, 0.717) is 45.8 Å². The number of para-hydroxylation sites is 1. The van der Waals surface area contributed by atoms with Crippen molar-refractivity contribution in [1.82, 2.24) is 4.98 Å². The van der Waals surface area contributed by atoms with Gasteiger partial charge in [-0.25, -0.2) is 9.78 Å². The van der Waals surface area contributed by atoms with Gasteiger partial charge >= 0.3 is 5.97 Å². The predicted octanol–water partition coefficient (Wildman–Crippen LogP) is 5.83. The first kappa shape index (κ1) is 27.3. The van der Waals surface area contributed by atoms with Gasteiger partial charge in [0.2, 0.25) is 0 Å². The highest BCUT2D eigenvalue weighted by Crippen LogP contribution is 2.36. The number of non-ortho nitro benzene ring substituents is 1. The number of aromatic nitrogens is 1. The van der Waals surface area contributed by atoms with E-state index in [1.807, 2.05) is 30.3 Å². The zero-order chi connectivity index (χ0) is 28.9. The van der Waals surface area contributed by atoms with Gasteiger partial charge in [0.05, 0.1) is 41.6 Å². The van der Waals surface area contributed by atoms with Crippen molar-refractivity contribution in [1.29, 1.82) is 0 Å². The Bertz CT molecular complexity index is 1680. The van der Waals surface area contributed by atoms with Gasteiger partial charge in [-0.3, -0.25) is 14.9 Å². The van der Waals surface area contributed by atoms with Crippen LogP contribution in [0, 0.1) is 10.1 Å². The minimum Gasteiger partial charge on any atom is -0.497 e. The fourth-order valence-electron chi connectivity index (χ4n) is 4.90. The number of hydrogen-bond donors (Lipinski definition) is 1. The molecule has 0 spiro atoms. The molecule has 4 aromatic rings. The Hall–Kier alpha value is -5.25. The van der Waals surface area contributed by atoms with Gasteiger partial charge in [0.15, 0.2) is 6.61 Å². The fraction of sp³-hybridized carbons (Fsp3) is 0.194. The molecule has 1 N–H and O–H groups in total. The molecule has 0 saturated heterocycles. The summed E-state index contributed by atoms with van der Waals surface area (Å²) in [7, 11) is 3.00. The number of nitrogens with one attached hydrogen (secondary N) is 1. The molecule has 1 aromatic heterocycles. The first-order valence-corrected chi connectivity index (χ1v) is 12.9. The molecular weight excluding hydrogens is 526 g/mol. The molecule has 0 aliphatic heterocycles. The largest absolute Gasteiger partial charge is 0.497 e. The van der Waals surface area contributed by atoms with Gasteiger partial charge in [-0.1, -0.05) is 18.2 Å². The Labute approximate surface area is 235 Å². The molecule has 0 fully saturated rings. The van der Waals surface area contributed by atoms with Crippen LogP contribution in [0.25, 0.3) is 22.6 Å². The standard InChI is InChI=1S/C31H27N3O7/c1-39-22-14-15-27(40-2)26(17-22)32-28(35)18-41-31(36)29-23-7-3-4-9-25(23)33-30-20(6-5-8-24(29)30)16-19-10-12-21(13-11-19)34(37)38/h3-4,7,9-17H,5-6,8,18H2,1-2H3,(H,32,35)/b20-16+. The number of rotatable bonds is 8. The van der Waals surface area contributed by atoms with E-state index in [0.717, 1.165) is 29.5 Å². The summed E-state index contributed by atoms with van der Waals surface area (Å²) in [4.78, 5) is 41.7. The van der Waals surface area contributed by atoms with E-state index in [2.05, 4.69) is 5.32 Å². The number of amides is 1. The molecule has 5 rings (SSSR count). The van der Waals surface area contributed by atoms with Crippen LogP contribution in [0.4, 0.5) is 11.4 Å². The number of ether oxygens (including phenoxy) is 3. The molecule has 208 valence electrons. The highest BCUT2D eigenvalue weighted by Gasteiger charge is 2.26. The van der Waals surface area contributed by atoms with Crippen molar-refractivity contribution in [3.05, 3.63) is 99.2 Å². The number of esters is 1. The van der Waals surface area contributed by atoms with Crippen LogP contribution in [0.2, 0.25) is 0 Å². The van der Waals surface area contributed by atoms with Crippen LogP contribution in [0.5, 0.6) is 11.5 Å². The number of anilines is 1. The van der Waals surface area contributed by atoms with E-state index in [4.69, 9.17) is 19.2 Å². The molecule has 3 aromatic carbocycles. The van der Waals surface area contributed by atoms with Crippen molar-refractivity contribution in [3.8, 4) is 11.5 Å². The van der Waals surface area contributed by atoms with Crippen molar-refractivity contribution >= 4 is 45.8 Å². The first-order valence-electron chi connectivity index (χ1n) is 12.9. The van der Waals surface area contributed by atoms with Crippen molar-refractivity contribution in [2.24, 2.45) is 0 Å². The molecule has 10 heteroatoms. The summed E-state index contributed by atoms with van der Waals surface area (Å²) < 4.78 is 16.0. The maximum Gasteiger partial charge on any atom is 0.339 e. The van der Waals surface area contributed by atoms with E-state index in [1.165, 1.54) is 26.4 Å². The summed E-state index contributed by atoms with van der Waals surface area (Å²) in [5.41, 5.74) is 4.56. The third-order valence-corrected chi connectivity index (χ3v) is 6.83. The van der Waals surface area contributed by atoms with Gasteiger partial charge in [-0.15, -0.1) is 0 Å². The van der Waals surface area contributed by atoms with Gasteiger partial charge < -0.3 is 19.5 Å². The average molecular weight is 554 g/mol. The molecule has 0 unspecified atom stereocenters. The van der Waals surface area contributed by atoms with Crippen LogP contribution in [-0.4, -0.2) is 42.6 Å². The van der Waals surface area contributed by atoms with Gasteiger partial charge in [0.25, 0.3) is 11.6 Å². The number of allylic oxidation sites excluding steroid dienone is 1. The lowest BCUT2D eigenvalue weighted by Crippen LogP contribution is -2.23. The quantitative estimate of drug-likeness (QED) is 0.164. The molecule has 0 saturated carbocycles. The maximum absolute atomic E-state index is 13.5. The maximum atomic E-state index is 13.5. The normalized spacial score (nSPS) is 13.4. The molecule has 1 amide bonds. The number of pyridine rings is 1. The number of methoxy groups -OCH3 is 2. The average Bonchev–Trinajstić information content (AvgIpc) is 2.99. The number of fused-ring (bicyclic) bond motifs is 2. The topological polar surface area (TPSA) is 130 Å². The summed E-state index contributed by atoms with van der Waals surface area (Å²) in [6, 6.07) is 18.6. The van der Waals surface area contributed by atoms with Crippen LogP contribution in [-0.2, 0) is 16.0 Å². The second-order valence-electron chi connectivity index (χ2n) is 9.39.